The molecule has 0 bridgehead atoms. The first-order valence-corrected chi connectivity index (χ1v) is 11.4. The summed E-state index contributed by atoms with van der Waals surface area (Å²) in [5.74, 6) is 0.857. The standard InChI is InChI=1S/C27H26N4O4/c1-17-8-7-13-30-25(17)28-24(18-9-5-4-6-10-18)26(30)29-27(33)19-14-23(32)31(16-19)20-11-12-21(34-2)22(15-20)35-3/h4-13,15,19H,14,16H2,1-3H3,(H,29,33). The first-order chi connectivity index (χ1) is 17.0. The maximum absolute atomic E-state index is 13.4. The van der Waals surface area contributed by atoms with E-state index in [1.54, 1.807) is 37.3 Å². The number of rotatable bonds is 6. The number of aromatic nitrogens is 2. The third-order valence-electron chi connectivity index (χ3n) is 6.31. The normalized spacial score (nSPS) is 15.5. The van der Waals surface area contributed by atoms with Crippen molar-refractivity contribution in [3.63, 3.8) is 0 Å². The number of anilines is 2. The Bertz CT molecular complexity index is 1410. The second-order valence-corrected chi connectivity index (χ2v) is 8.49. The maximum atomic E-state index is 13.4. The first-order valence-electron chi connectivity index (χ1n) is 11.4. The van der Waals surface area contributed by atoms with Crippen molar-refractivity contribution in [1.82, 2.24) is 9.38 Å². The Morgan fingerprint density at radius 3 is 2.54 bits per heavy atom. The highest BCUT2D eigenvalue weighted by Gasteiger charge is 2.36. The van der Waals surface area contributed by atoms with E-state index in [-0.39, 0.29) is 24.8 Å². The van der Waals surface area contributed by atoms with Gasteiger partial charge in [0.15, 0.2) is 11.5 Å². The van der Waals surface area contributed by atoms with Crippen LogP contribution in [0, 0.1) is 12.8 Å². The Hall–Kier alpha value is -4.33. The summed E-state index contributed by atoms with van der Waals surface area (Å²) in [6.07, 6.45) is 2.00. The number of hydrogen-bond acceptors (Lipinski definition) is 5. The summed E-state index contributed by atoms with van der Waals surface area (Å²) in [5.41, 5.74) is 4.03. The second-order valence-electron chi connectivity index (χ2n) is 8.49. The zero-order chi connectivity index (χ0) is 24.5. The van der Waals surface area contributed by atoms with Crippen molar-refractivity contribution < 1.29 is 19.1 Å². The largest absolute Gasteiger partial charge is 0.493 e. The molecule has 0 aliphatic carbocycles. The van der Waals surface area contributed by atoms with Crippen molar-refractivity contribution in [3.05, 3.63) is 72.4 Å². The van der Waals surface area contributed by atoms with Gasteiger partial charge in [-0.15, -0.1) is 0 Å². The van der Waals surface area contributed by atoms with Crippen molar-refractivity contribution in [2.24, 2.45) is 5.92 Å². The Morgan fingerprint density at radius 2 is 1.80 bits per heavy atom. The predicted octanol–water partition coefficient (Wildman–Crippen LogP) is 4.32. The zero-order valence-electron chi connectivity index (χ0n) is 19.8. The van der Waals surface area contributed by atoms with Crippen LogP contribution in [-0.4, -0.2) is 42.0 Å². The van der Waals surface area contributed by atoms with E-state index < -0.39 is 5.92 Å². The minimum Gasteiger partial charge on any atom is -0.493 e. The van der Waals surface area contributed by atoms with Crippen LogP contribution in [-0.2, 0) is 9.59 Å². The molecule has 8 heteroatoms. The molecule has 35 heavy (non-hydrogen) atoms. The van der Waals surface area contributed by atoms with E-state index in [0.717, 1.165) is 16.8 Å². The van der Waals surface area contributed by atoms with Crippen LogP contribution in [0.4, 0.5) is 11.5 Å². The predicted molar refractivity (Wildman–Crippen MR) is 134 cm³/mol. The lowest BCUT2D eigenvalue weighted by Crippen LogP contribution is -2.28. The zero-order valence-corrected chi connectivity index (χ0v) is 19.8. The second kappa shape index (κ2) is 9.13. The molecule has 1 saturated heterocycles. The van der Waals surface area contributed by atoms with Gasteiger partial charge in [-0.3, -0.25) is 14.0 Å². The van der Waals surface area contributed by atoms with Gasteiger partial charge in [0.1, 0.15) is 17.2 Å². The summed E-state index contributed by atoms with van der Waals surface area (Å²) in [4.78, 5) is 32.7. The van der Waals surface area contributed by atoms with Gasteiger partial charge in [-0.05, 0) is 30.7 Å². The highest BCUT2D eigenvalue weighted by atomic mass is 16.5. The summed E-state index contributed by atoms with van der Waals surface area (Å²) < 4.78 is 12.5. The van der Waals surface area contributed by atoms with Gasteiger partial charge in [-0.2, -0.15) is 0 Å². The van der Waals surface area contributed by atoms with Gasteiger partial charge in [0.25, 0.3) is 0 Å². The summed E-state index contributed by atoms with van der Waals surface area (Å²) in [6, 6.07) is 18.9. The number of nitrogens with one attached hydrogen (secondary N) is 1. The molecule has 1 aliphatic heterocycles. The molecule has 2 aromatic carbocycles. The van der Waals surface area contributed by atoms with Gasteiger partial charge < -0.3 is 19.7 Å². The van der Waals surface area contributed by atoms with E-state index in [1.807, 2.05) is 60.0 Å². The lowest BCUT2D eigenvalue weighted by molar-refractivity contribution is -0.122. The number of carbonyl (C=O) groups excluding carboxylic acids is 2. The average Bonchev–Trinajstić information content (AvgIpc) is 3.46. The molecule has 0 saturated carbocycles. The first kappa shape index (κ1) is 22.5. The number of fused-ring (bicyclic) bond motifs is 1. The van der Waals surface area contributed by atoms with Gasteiger partial charge >= 0.3 is 0 Å². The number of carbonyl (C=O) groups is 2. The van der Waals surface area contributed by atoms with Gasteiger partial charge in [-0.25, -0.2) is 4.98 Å². The molecule has 0 radical (unpaired) electrons. The molecular weight excluding hydrogens is 444 g/mol. The highest BCUT2D eigenvalue weighted by Crippen LogP contribution is 2.35. The van der Waals surface area contributed by atoms with E-state index in [0.29, 0.717) is 28.7 Å². The van der Waals surface area contributed by atoms with Crippen LogP contribution in [0.1, 0.15) is 12.0 Å². The third kappa shape index (κ3) is 4.07. The Balaban J connectivity index is 1.43. The van der Waals surface area contributed by atoms with Crippen LogP contribution < -0.4 is 19.7 Å². The summed E-state index contributed by atoms with van der Waals surface area (Å²) in [6.45, 7) is 2.26. The van der Waals surface area contributed by atoms with Gasteiger partial charge in [0, 0.05) is 36.5 Å². The Labute approximate surface area is 203 Å². The van der Waals surface area contributed by atoms with Crippen LogP contribution in [0.2, 0.25) is 0 Å². The number of imidazole rings is 1. The van der Waals surface area contributed by atoms with E-state index in [4.69, 9.17) is 14.5 Å². The number of pyridine rings is 1. The average molecular weight is 471 g/mol. The number of nitrogens with zero attached hydrogens (tertiary/aromatic N) is 3. The van der Waals surface area contributed by atoms with Gasteiger partial charge in [0.2, 0.25) is 11.8 Å². The minimum atomic E-state index is -0.505. The third-order valence-corrected chi connectivity index (χ3v) is 6.31. The number of amides is 2. The summed E-state index contributed by atoms with van der Waals surface area (Å²) >= 11 is 0. The molecular formula is C27H26N4O4. The van der Waals surface area contributed by atoms with Crippen molar-refractivity contribution in [1.29, 1.82) is 0 Å². The number of aryl methyl sites for hydroxylation is 1. The van der Waals surface area contributed by atoms with Crippen LogP contribution in [0.25, 0.3) is 16.9 Å². The van der Waals surface area contributed by atoms with E-state index >= 15 is 0 Å². The molecule has 1 atom stereocenters. The Kier molecular flexibility index (Phi) is 5.86. The smallest absolute Gasteiger partial charge is 0.230 e. The van der Waals surface area contributed by atoms with Gasteiger partial charge in [-0.1, -0.05) is 36.4 Å². The highest BCUT2D eigenvalue weighted by molar-refractivity contribution is 6.04. The van der Waals surface area contributed by atoms with Crippen LogP contribution in [0.3, 0.4) is 0 Å². The lowest BCUT2D eigenvalue weighted by atomic mass is 10.1. The summed E-state index contributed by atoms with van der Waals surface area (Å²) in [5, 5.41) is 3.07. The molecule has 4 aromatic rings. The van der Waals surface area contributed by atoms with Crippen molar-refractivity contribution in [2.75, 3.05) is 31.0 Å². The molecule has 0 spiro atoms. The van der Waals surface area contributed by atoms with Crippen molar-refractivity contribution in [3.8, 4) is 22.8 Å². The molecule has 2 aromatic heterocycles. The van der Waals surface area contributed by atoms with E-state index in [2.05, 4.69) is 5.32 Å². The molecule has 178 valence electrons. The molecule has 3 heterocycles. The number of ether oxygens (including phenoxy) is 2. The molecule has 2 amide bonds. The monoisotopic (exact) mass is 470 g/mol. The maximum Gasteiger partial charge on any atom is 0.230 e. The van der Waals surface area contributed by atoms with Crippen molar-refractivity contribution >= 4 is 29.0 Å². The topological polar surface area (TPSA) is 85.2 Å². The van der Waals surface area contributed by atoms with E-state index in [9.17, 15) is 9.59 Å². The fourth-order valence-electron chi connectivity index (χ4n) is 4.47. The van der Waals surface area contributed by atoms with E-state index in [1.165, 1.54) is 0 Å². The van der Waals surface area contributed by atoms with Crippen LogP contribution in [0.5, 0.6) is 11.5 Å². The molecule has 1 unspecified atom stereocenters. The van der Waals surface area contributed by atoms with Crippen molar-refractivity contribution in [2.45, 2.75) is 13.3 Å². The molecule has 1 aliphatic rings. The summed E-state index contributed by atoms with van der Waals surface area (Å²) in [7, 11) is 3.11. The number of hydrogen-bond donors (Lipinski definition) is 1. The quantitative estimate of drug-likeness (QED) is 0.454. The Morgan fingerprint density at radius 1 is 1.03 bits per heavy atom. The molecule has 5 rings (SSSR count). The SMILES string of the molecule is COc1ccc(N2CC(C(=O)Nc3c(-c4ccccc4)nc4c(C)cccn34)CC2=O)cc1OC. The lowest BCUT2D eigenvalue weighted by Gasteiger charge is -2.18. The number of methoxy groups -OCH3 is 2. The molecule has 8 nitrogen and oxygen atoms in total. The van der Waals surface area contributed by atoms with Crippen LogP contribution in [0.15, 0.2) is 66.9 Å². The fourth-order valence-corrected chi connectivity index (χ4v) is 4.47. The number of benzene rings is 2. The fraction of sp³-hybridized carbons (Fsp3) is 0.222. The molecule has 1 fully saturated rings. The molecule has 1 N–H and O–H groups in total. The minimum absolute atomic E-state index is 0.116. The van der Waals surface area contributed by atoms with Crippen LogP contribution >= 0.6 is 0 Å². The van der Waals surface area contributed by atoms with Gasteiger partial charge in [0.05, 0.1) is 20.1 Å².